The van der Waals surface area contributed by atoms with Gasteiger partial charge in [-0.3, -0.25) is 9.89 Å². The minimum absolute atomic E-state index is 0.0888. The molecule has 1 aromatic carbocycles. The van der Waals surface area contributed by atoms with Crippen LogP contribution in [-0.4, -0.2) is 33.3 Å². The molecule has 1 heterocycles. The predicted octanol–water partition coefficient (Wildman–Crippen LogP) is 3.00. The number of benzene rings is 1. The first-order valence-corrected chi connectivity index (χ1v) is 9.37. The van der Waals surface area contributed by atoms with Gasteiger partial charge in [-0.1, -0.05) is 26.2 Å². The average Bonchev–Trinajstić information content (AvgIpc) is 3.16. The topological polar surface area (TPSA) is 106 Å². The first-order chi connectivity index (χ1) is 12.7. The van der Waals surface area contributed by atoms with Crippen molar-refractivity contribution in [2.75, 3.05) is 5.32 Å². The van der Waals surface area contributed by atoms with E-state index in [1.807, 2.05) is 31.2 Å². The van der Waals surface area contributed by atoms with Gasteiger partial charge >= 0.3 is 0 Å². The quantitative estimate of drug-likeness (QED) is 0.706. The van der Waals surface area contributed by atoms with Crippen LogP contribution in [0.1, 0.15) is 51.3 Å². The summed E-state index contributed by atoms with van der Waals surface area (Å²) in [4.78, 5) is 16.8. The van der Waals surface area contributed by atoms with E-state index in [9.17, 15) is 4.79 Å². The van der Waals surface area contributed by atoms with Crippen LogP contribution in [0.15, 0.2) is 24.3 Å². The van der Waals surface area contributed by atoms with Gasteiger partial charge in [-0.05, 0) is 43.5 Å². The van der Waals surface area contributed by atoms with E-state index in [1.165, 1.54) is 19.3 Å². The minimum atomic E-state index is -0.405. The van der Waals surface area contributed by atoms with Crippen molar-refractivity contribution in [3.05, 3.63) is 30.1 Å². The zero-order chi connectivity index (χ0) is 18.4. The van der Waals surface area contributed by atoms with Crippen molar-refractivity contribution in [2.45, 2.75) is 64.2 Å². The van der Waals surface area contributed by atoms with Crippen molar-refractivity contribution in [3.8, 4) is 11.4 Å². The van der Waals surface area contributed by atoms with Crippen molar-refractivity contribution in [2.24, 2.45) is 5.73 Å². The van der Waals surface area contributed by atoms with E-state index < -0.39 is 6.10 Å². The summed E-state index contributed by atoms with van der Waals surface area (Å²) in [5, 5.41) is 9.87. The number of nitrogens with zero attached hydrogens (tertiary/aromatic N) is 2. The van der Waals surface area contributed by atoms with E-state index >= 15 is 0 Å². The highest BCUT2D eigenvalue weighted by Gasteiger charge is 2.23. The highest BCUT2D eigenvalue weighted by atomic mass is 16.5. The molecule has 0 radical (unpaired) electrons. The van der Waals surface area contributed by atoms with Crippen LogP contribution in [0, 0.1) is 0 Å². The Balaban J connectivity index is 1.59. The van der Waals surface area contributed by atoms with E-state index in [-0.39, 0.29) is 12.0 Å². The van der Waals surface area contributed by atoms with E-state index in [1.54, 1.807) is 0 Å². The number of hydrogen-bond acceptors (Lipinski definition) is 5. The molecule has 2 aromatic rings. The van der Waals surface area contributed by atoms with Crippen LogP contribution in [0.4, 0.5) is 5.69 Å². The van der Waals surface area contributed by atoms with Gasteiger partial charge in [0, 0.05) is 11.3 Å². The molecule has 7 heteroatoms. The number of aromatic nitrogens is 3. The SMILES string of the molecule is CCC(OC1CCCCC1)C(=O)Nc1ccc(-c2n[nH]c(CN)n2)cc1. The molecule has 7 nitrogen and oxygen atoms in total. The van der Waals surface area contributed by atoms with Gasteiger partial charge in [0.1, 0.15) is 11.9 Å². The Hall–Kier alpha value is -2.25. The van der Waals surface area contributed by atoms with Gasteiger partial charge in [-0.15, -0.1) is 0 Å². The molecule has 0 spiro atoms. The predicted molar refractivity (Wildman–Crippen MR) is 100 cm³/mol. The number of carbonyl (C=O) groups is 1. The minimum Gasteiger partial charge on any atom is -0.365 e. The van der Waals surface area contributed by atoms with Gasteiger partial charge in [0.25, 0.3) is 5.91 Å². The van der Waals surface area contributed by atoms with Crippen LogP contribution < -0.4 is 11.1 Å². The number of ether oxygens (including phenoxy) is 1. The Morgan fingerprint density at radius 1 is 1.31 bits per heavy atom. The monoisotopic (exact) mass is 357 g/mol. The van der Waals surface area contributed by atoms with E-state index in [2.05, 4.69) is 20.5 Å². The van der Waals surface area contributed by atoms with Gasteiger partial charge in [0.05, 0.1) is 12.6 Å². The Morgan fingerprint density at radius 3 is 2.65 bits per heavy atom. The summed E-state index contributed by atoms with van der Waals surface area (Å²) in [6, 6.07) is 7.45. The Morgan fingerprint density at radius 2 is 2.04 bits per heavy atom. The maximum absolute atomic E-state index is 12.5. The summed E-state index contributed by atoms with van der Waals surface area (Å²) in [6.07, 6.45) is 6.24. The Bertz CT molecular complexity index is 707. The van der Waals surface area contributed by atoms with E-state index in [0.717, 1.165) is 24.1 Å². The number of hydrogen-bond donors (Lipinski definition) is 3. The van der Waals surface area contributed by atoms with Crippen LogP contribution in [0.2, 0.25) is 0 Å². The van der Waals surface area contributed by atoms with Crippen molar-refractivity contribution < 1.29 is 9.53 Å². The van der Waals surface area contributed by atoms with Gasteiger partial charge in [-0.25, -0.2) is 4.98 Å². The largest absolute Gasteiger partial charge is 0.365 e. The van der Waals surface area contributed by atoms with Crippen LogP contribution in [0.25, 0.3) is 11.4 Å². The van der Waals surface area contributed by atoms with Crippen molar-refractivity contribution in [3.63, 3.8) is 0 Å². The number of carbonyl (C=O) groups excluding carboxylic acids is 1. The maximum Gasteiger partial charge on any atom is 0.253 e. The third kappa shape index (κ3) is 4.68. The molecule has 0 saturated heterocycles. The second kappa shape index (κ2) is 8.91. The van der Waals surface area contributed by atoms with Gasteiger partial charge < -0.3 is 15.8 Å². The zero-order valence-electron chi connectivity index (χ0n) is 15.2. The molecule has 1 aliphatic carbocycles. The van der Waals surface area contributed by atoms with E-state index in [0.29, 0.717) is 24.6 Å². The molecule has 1 aliphatic rings. The molecule has 0 aliphatic heterocycles. The molecule has 1 unspecified atom stereocenters. The summed E-state index contributed by atoms with van der Waals surface area (Å²) in [5.74, 6) is 1.15. The van der Waals surface area contributed by atoms with Crippen LogP contribution in [-0.2, 0) is 16.1 Å². The third-order valence-corrected chi connectivity index (χ3v) is 4.71. The fourth-order valence-corrected chi connectivity index (χ4v) is 3.22. The summed E-state index contributed by atoms with van der Waals surface area (Å²) in [5.41, 5.74) is 7.14. The lowest BCUT2D eigenvalue weighted by Gasteiger charge is -2.26. The number of nitrogens with two attached hydrogens (primary N) is 1. The lowest BCUT2D eigenvalue weighted by molar-refractivity contribution is -0.132. The fraction of sp³-hybridized carbons (Fsp3) is 0.526. The molecule has 3 rings (SSSR count). The lowest BCUT2D eigenvalue weighted by Crippen LogP contribution is -2.34. The summed E-state index contributed by atoms with van der Waals surface area (Å²) >= 11 is 0. The molecule has 1 saturated carbocycles. The number of rotatable bonds is 7. The Kier molecular flexibility index (Phi) is 6.35. The van der Waals surface area contributed by atoms with Crippen molar-refractivity contribution in [1.29, 1.82) is 0 Å². The maximum atomic E-state index is 12.5. The fourth-order valence-electron chi connectivity index (χ4n) is 3.22. The summed E-state index contributed by atoms with van der Waals surface area (Å²) < 4.78 is 6.03. The molecule has 1 atom stereocenters. The highest BCUT2D eigenvalue weighted by molar-refractivity contribution is 5.94. The van der Waals surface area contributed by atoms with Gasteiger partial charge in [0.2, 0.25) is 0 Å². The number of nitrogens with one attached hydrogen (secondary N) is 2. The molecule has 1 aromatic heterocycles. The number of anilines is 1. The van der Waals surface area contributed by atoms with Gasteiger partial charge in [-0.2, -0.15) is 5.10 Å². The lowest BCUT2D eigenvalue weighted by atomic mass is 9.97. The molecular weight excluding hydrogens is 330 g/mol. The molecular formula is C19H27N5O2. The standard InChI is InChI=1S/C19H27N5O2/c1-2-16(26-15-6-4-3-5-7-15)19(25)21-14-10-8-13(9-11-14)18-22-17(12-20)23-24-18/h8-11,15-16H,2-7,12,20H2,1H3,(H,21,25)(H,22,23,24). The first kappa shape index (κ1) is 18.5. The highest BCUT2D eigenvalue weighted by Crippen LogP contribution is 2.23. The summed E-state index contributed by atoms with van der Waals surface area (Å²) in [6.45, 7) is 2.30. The molecule has 4 N–H and O–H groups in total. The Labute approximate surface area is 153 Å². The van der Waals surface area contributed by atoms with E-state index in [4.69, 9.17) is 10.5 Å². The molecule has 1 amide bonds. The van der Waals surface area contributed by atoms with Crippen LogP contribution in [0.5, 0.6) is 0 Å². The molecule has 1 fully saturated rings. The first-order valence-electron chi connectivity index (χ1n) is 9.37. The molecule has 140 valence electrons. The molecule has 0 bridgehead atoms. The summed E-state index contributed by atoms with van der Waals surface area (Å²) in [7, 11) is 0. The van der Waals surface area contributed by atoms with Gasteiger partial charge in [0.15, 0.2) is 5.82 Å². The molecule has 26 heavy (non-hydrogen) atoms. The van der Waals surface area contributed by atoms with Crippen LogP contribution in [0.3, 0.4) is 0 Å². The third-order valence-electron chi connectivity index (χ3n) is 4.71. The number of H-pyrrole nitrogens is 1. The second-order valence-corrected chi connectivity index (χ2v) is 6.67. The van der Waals surface area contributed by atoms with Crippen molar-refractivity contribution in [1.82, 2.24) is 15.2 Å². The smallest absolute Gasteiger partial charge is 0.253 e. The van der Waals surface area contributed by atoms with Crippen molar-refractivity contribution >= 4 is 11.6 Å². The average molecular weight is 357 g/mol. The van der Waals surface area contributed by atoms with Crippen LogP contribution >= 0.6 is 0 Å². The zero-order valence-corrected chi connectivity index (χ0v) is 15.2. The number of aromatic amines is 1. The second-order valence-electron chi connectivity index (χ2n) is 6.67. The number of amides is 1. The normalized spacial score (nSPS) is 16.4.